The van der Waals surface area contributed by atoms with E-state index in [1.807, 2.05) is 6.92 Å². The molecule has 1 rings (SSSR count). The van der Waals surface area contributed by atoms with E-state index >= 15 is 0 Å². The van der Waals surface area contributed by atoms with Gasteiger partial charge in [0.1, 0.15) is 5.75 Å². The van der Waals surface area contributed by atoms with Gasteiger partial charge in [0.05, 0.1) is 17.7 Å². The first-order valence-corrected chi connectivity index (χ1v) is 6.57. The molecule has 0 spiro atoms. The number of nitrogens with two attached hydrogens (primary N) is 1. The minimum atomic E-state index is -0.205. The van der Waals surface area contributed by atoms with Crippen molar-refractivity contribution in [3.63, 3.8) is 0 Å². The Hall–Kier alpha value is -1.14. The van der Waals surface area contributed by atoms with Crippen molar-refractivity contribution in [1.82, 2.24) is 5.32 Å². The summed E-state index contributed by atoms with van der Waals surface area (Å²) < 4.78 is 6.02. The summed E-state index contributed by atoms with van der Waals surface area (Å²) >= 11 is 8.13. The van der Waals surface area contributed by atoms with Crippen molar-refractivity contribution in [2.45, 2.75) is 19.4 Å². The Bertz CT molecular complexity index is 465. The summed E-state index contributed by atoms with van der Waals surface area (Å²) in [5, 5.41) is 2.82. The maximum Gasteiger partial charge on any atom is 0.255 e. The lowest BCUT2D eigenvalue weighted by Crippen LogP contribution is -2.35. The molecule has 1 amide bonds. The molecule has 6 heteroatoms. The molecule has 3 N–H and O–H groups in total. The van der Waals surface area contributed by atoms with E-state index in [0.29, 0.717) is 22.7 Å². The fraction of sp³-hybridized carbons (Fsp3) is 0.333. The van der Waals surface area contributed by atoms with E-state index in [9.17, 15) is 4.79 Å². The molecule has 1 aromatic carbocycles. The fourth-order valence-corrected chi connectivity index (χ4v) is 2.10. The Balaban J connectivity index is 2.81. The van der Waals surface area contributed by atoms with Crippen LogP contribution >= 0.6 is 28.1 Å². The third-order valence-electron chi connectivity index (χ3n) is 2.29. The van der Waals surface area contributed by atoms with E-state index in [-0.39, 0.29) is 11.9 Å². The van der Waals surface area contributed by atoms with Crippen molar-refractivity contribution in [2.75, 3.05) is 7.11 Å². The van der Waals surface area contributed by atoms with E-state index < -0.39 is 0 Å². The number of thiocarbonyl (C=S) groups is 1. The molecule has 4 nitrogen and oxygen atoms in total. The second-order valence-corrected chi connectivity index (χ2v) is 5.33. The highest BCUT2D eigenvalue weighted by Crippen LogP contribution is 2.23. The van der Waals surface area contributed by atoms with Crippen LogP contribution in [-0.2, 0) is 0 Å². The molecule has 0 saturated heterocycles. The van der Waals surface area contributed by atoms with Crippen LogP contribution in [0.1, 0.15) is 23.7 Å². The zero-order valence-electron chi connectivity index (χ0n) is 10.2. The summed E-state index contributed by atoms with van der Waals surface area (Å²) in [7, 11) is 1.52. The minimum Gasteiger partial charge on any atom is -0.496 e. The average Bonchev–Trinajstić information content (AvgIpc) is 2.27. The number of amides is 1. The van der Waals surface area contributed by atoms with Crippen molar-refractivity contribution in [2.24, 2.45) is 5.73 Å². The quantitative estimate of drug-likeness (QED) is 0.813. The number of halogens is 1. The average molecular weight is 331 g/mol. The normalized spacial score (nSPS) is 11.7. The predicted octanol–water partition coefficient (Wildman–Crippen LogP) is 2.25. The molecular formula is C12H15BrN2O2S. The maximum absolute atomic E-state index is 12.0. The topological polar surface area (TPSA) is 64.3 Å². The van der Waals surface area contributed by atoms with Crippen molar-refractivity contribution in [3.05, 3.63) is 28.2 Å². The summed E-state index contributed by atoms with van der Waals surface area (Å²) in [6.07, 6.45) is 0.472. The van der Waals surface area contributed by atoms with Crippen molar-refractivity contribution in [1.29, 1.82) is 0 Å². The van der Waals surface area contributed by atoms with Crippen molar-refractivity contribution < 1.29 is 9.53 Å². The van der Waals surface area contributed by atoms with E-state index in [2.05, 4.69) is 21.2 Å². The molecule has 98 valence electrons. The lowest BCUT2D eigenvalue weighted by atomic mass is 10.1. The molecule has 0 radical (unpaired) electrons. The van der Waals surface area contributed by atoms with Crippen LogP contribution in [-0.4, -0.2) is 24.0 Å². The van der Waals surface area contributed by atoms with Crippen LogP contribution in [0.25, 0.3) is 0 Å². The van der Waals surface area contributed by atoms with Gasteiger partial charge in [-0.25, -0.2) is 0 Å². The van der Waals surface area contributed by atoms with Crippen LogP contribution < -0.4 is 15.8 Å². The van der Waals surface area contributed by atoms with E-state index in [4.69, 9.17) is 22.7 Å². The van der Waals surface area contributed by atoms with Gasteiger partial charge in [-0.1, -0.05) is 28.1 Å². The van der Waals surface area contributed by atoms with Crippen molar-refractivity contribution in [3.8, 4) is 5.75 Å². The smallest absolute Gasteiger partial charge is 0.255 e. The van der Waals surface area contributed by atoms with Crippen LogP contribution in [0.2, 0.25) is 0 Å². The molecule has 0 aliphatic carbocycles. The molecular weight excluding hydrogens is 316 g/mol. The van der Waals surface area contributed by atoms with Crippen LogP contribution in [0.3, 0.4) is 0 Å². The van der Waals surface area contributed by atoms with Gasteiger partial charge in [0.25, 0.3) is 5.91 Å². The number of nitrogens with one attached hydrogen (secondary N) is 1. The van der Waals surface area contributed by atoms with Crippen LogP contribution in [0.15, 0.2) is 22.7 Å². The fourth-order valence-electron chi connectivity index (χ4n) is 1.51. The Kier molecular flexibility index (Phi) is 5.55. The summed E-state index contributed by atoms with van der Waals surface area (Å²) in [6.45, 7) is 1.85. The molecule has 0 aromatic heterocycles. The molecule has 1 atom stereocenters. The summed E-state index contributed by atoms with van der Waals surface area (Å²) in [4.78, 5) is 12.4. The molecule has 18 heavy (non-hydrogen) atoms. The Labute approximate surface area is 120 Å². The van der Waals surface area contributed by atoms with Gasteiger partial charge >= 0.3 is 0 Å². The second-order valence-electron chi connectivity index (χ2n) is 3.89. The zero-order chi connectivity index (χ0) is 13.7. The van der Waals surface area contributed by atoms with Gasteiger partial charge < -0.3 is 15.8 Å². The Morgan fingerprint density at radius 1 is 1.61 bits per heavy atom. The molecule has 0 aliphatic rings. The lowest BCUT2D eigenvalue weighted by molar-refractivity contribution is 0.0938. The molecule has 0 saturated carbocycles. The Morgan fingerprint density at radius 3 is 2.83 bits per heavy atom. The van der Waals surface area contributed by atoms with Crippen LogP contribution in [0, 0.1) is 0 Å². The standard InChI is InChI=1S/C12H15BrN2O2S/c1-7(5-11(14)18)15-12(16)9-4-3-8(13)6-10(9)17-2/h3-4,6-7H,5H2,1-2H3,(H2,14,18)(H,15,16). The van der Waals surface area contributed by atoms with E-state index in [0.717, 1.165) is 4.47 Å². The first-order valence-electron chi connectivity index (χ1n) is 5.36. The summed E-state index contributed by atoms with van der Waals surface area (Å²) in [5.41, 5.74) is 5.91. The number of hydrogen-bond acceptors (Lipinski definition) is 3. The monoisotopic (exact) mass is 330 g/mol. The number of rotatable bonds is 5. The second kappa shape index (κ2) is 6.70. The zero-order valence-corrected chi connectivity index (χ0v) is 12.6. The highest BCUT2D eigenvalue weighted by molar-refractivity contribution is 9.10. The number of benzene rings is 1. The van der Waals surface area contributed by atoms with Gasteiger partial charge in [0.2, 0.25) is 0 Å². The van der Waals surface area contributed by atoms with Gasteiger partial charge in [-0.05, 0) is 25.1 Å². The molecule has 1 aromatic rings. The number of carbonyl (C=O) groups excluding carboxylic acids is 1. The van der Waals surface area contributed by atoms with E-state index in [1.165, 1.54) is 7.11 Å². The highest BCUT2D eigenvalue weighted by Gasteiger charge is 2.15. The van der Waals surface area contributed by atoms with Gasteiger partial charge in [0.15, 0.2) is 0 Å². The number of methoxy groups -OCH3 is 1. The Morgan fingerprint density at radius 2 is 2.28 bits per heavy atom. The molecule has 0 heterocycles. The highest BCUT2D eigenvalue weighted by atomic mass is 79.9. The minimum absolute atomic E-state index is 0.108. The molecule has 0 fully saturated rings. The molecule has 0 aliphatic heterocycles. The number of carbonyl (C=O) groups is 1. The third kappa shape index (κ3) is 4.27. The maximum atomic E-state index is 12.0. The third-order valence-corrected chi connectivity index (χ3v) is 2.95. The first kappa shape index (κ1) is 14.9. The van der Waals surface area contributed by atoms with Gasteiger partial charge in [-0.15, -0.1) is 0 Å². The van der Waals surface area contributed by atoms with Crippen molar-refractivity contribution >= 4 is 39.0 Å². The van der Waals surface area contributed by atoms with Gasteiger partial charge in [-0.3, -0.25) is 4.79 Å². The van der Waals surface area contributed by atoms with Crippen LogP contribution in [0.5, 0.6) is 5.75 Å². The number of ether oxygens (including phenoxy) is 1. The molecule has 1 unspecified atom stereocenters. The number of hydrogen-bond donors (Lipinski definition) is 2. The van der Waals surface area contributed by atoms with E-state index in [1.54, 1.807) is 18.2 Å². The first-order chi connectivity index (χ1) is 8.43. The van der Waals surface area contributed by atoms with Gasteiger partial charge in [-0.2, -0.15) is 0 Å². The van der Waals surface area contributed by atoms with Gasteiger partial charge in [0, 0.05) is 16.9 Å². The van der Waals surface area contributed by atoms with Crippen LogP contribution in [0.4, 0.5) is 0 Å². The predicted molar refractivity (Wildman–Crippen MR) is 79.0 cm³/mol. The summed E-state index contributed by atoms with van der Waals surface area (Å²) in [6, 6.07) is 5.12. The largest absolute Gasteiger partial charge is 0.496 e. The SMILES string of the molecule is COc1cc(Br)ccc1C(=O)NC(C)CC(N)=S. The summed E-state index contributed by atoms with van der Waals surface area (Å²) in [5.74, 6) is 0.313. The molecule has 0 bridgehead atoms. The lowest BCUT2D eigenvalue weighted by Gasteiger charge is -2.14.